The number of halogens is 3. The Hall–Kier alpha value is -3.26. The Kier molecular flexibility index (Phi) is 3.92. The van der Waals surface area contributed by atoms with E-state index in [9.17, 15) is 13.6 Å². The fraction of sp³-hybridized carbons (Fsp3) is 0.0556. The number of hydrogen-bond acceptors (Lipinski definition) is 3. The lowest BCUT2D eigenvalue weighted by Crippen LogP contribution is -1.97. The van der Waals surface area contributed by atoms with Gasteiger partial charge in [0.2, 0.25) is 5.95 Å². The molecule has 0 aliphatic heterocycles. The molecule has 9 heteroatoms. The average molecular weight is 389 g/mol. The quantitative estimate of drug-likeness (QED) is 0.575. The second-order valence-corrected chi connectivity index (χ2v) is 6.23. The van der Waals surface area contributed by atoms with Gasteiger partial charge in [-0.3, -0.25) is 9.08 Å². The zero-order valence-corrected chi connectivity index (χ0v) is 14.6. The van der Waals surface area contributed by atoms with Crippen LogP contribution in [0.15, 0.2) is 42.7 Å². The van der Waals surface area contributed by atoms with Crippen LogP contribution in [0.2, 0.25) is 5.15 Å². The molecule has 6 nitrogen and oxygen atoms in total. The molecule has 0 saturated heterocycles. The van der Waals surface area contributed by atoms with E-state index in [-0.39, 0.29) is 38.7 Å². The number of benzene rings is 1. The van der Waals surface area contributed by atoms with Gasteiger partial charge in [0.25, 0.3) is 0 Å². The fourth-order valence-corrected chi connectivity index (χ4v) is 3.22. The maximum absolute atomic E-state index is 14.7. The lowest BCUT2D eigenvalue weighted by atomic mass is 9.99. The van der Waals surface area contributed by atoms with Gasteiger partial charge < -0.3 is 5.11 Å². The Morgan fingerprint density at radius 1 is 1.22 bits per heavy atom. The minimum Gasteiger partial charge on any atom is -0.478 e. The minimum atomic E-state index is -1.12. The van der Waals surface area contributed by atoms with E-state index in [2.05, 4.69) is 10.1 Å². The van der Waals surface area contributed by atoms with Crippen LogP contribution in [0.5, 0.6) is 0 Å². The number of imidazole rings is 1. The Bertz CT molecular complexity index is 1220. The summed E-state index contributed by atoms with van der Waals surface area (Å²) in [7, 11) is 1.55. The molecule has 136 valence electrons. The molecule has 3 heterocycles. The molecule has 0 unspecified atom stereocenters. The molecule has 0 saturated carbocycles. The van der Waals surface area contributed by atoms with Crippen molar-refractivity contribution in [2.75, 3.05) is 0 Å². The third-order valence-electron chi connectivity index (χ3n) is 4.14. The Morgan fingerprint density at radius 2 is 2.00 bits per heavy atom. The van der Waals surface area contributed by atoms with Crippen LogP contribution in [-0.4, -0.2) is 30.2 Å². The molecule has 0 atom stereocenters. The predicted molar refractivity (Wildman–Crippen MR) is 94.7 cm³/mol. The van der Waals surface area contributed by atoms with Crippen LogP contribution < -0.4 is 0 Å². The Labute approximate surface area is 156 Å². The number of hydrogen-bond donors (Lipinski definition) is 1. The Morgan fingerprint density at radius 3 is 2.67 bits per heavy atom. The van der Waals surface area contributed by atoms with Crippen molar-refractivity contribution in [1.82, 2.24) is 19.2 Å². The molecule has 0 aliphatic rings. The molecule has 4 aromatic rings. The molecule has 0 fully saturated rings. The van der Waals surface area contributed by atoms with E-state index in [0.717, 1.165) is 0 Å². The first-order valence-corrected chi connectivity index (χ1v) is 8.14. The van der Waals surface area contributed by atoms with E-state index < -0.39 is 17.7 Å². The molecule has 0 aliphatic carbocycles. The van der Waals surface area contributed by atoms with Crippen molar-refractivity contribution in [2.45, 2.75) is 0 Å². The molecule has 3 aromatic heterocycles. The number of nitrogens with zero attached hydrogens (tertiary/aromatic N) is 4. The molecule has 0 radical (unpaired) electrons. The van der Waals surface area contributed by atoms with Gasteiger partial charge in [-0.1, -0.05) is 23.7 Å². The number of carboxylic acid groups (broad SMARTS) is 1. The lowest BCUT2D eigenvalue weighted by Gasteiger charge is -2.08. The lowest BCUT2D eigenvalue weighted by molar-refractivity contribution is 0.0697. The SMILES string of the molecule is Cn1cc(-c2cccc(F)c2-c2nc3cc(C(=O)O)ccn3c2Cl)c(F)n1. The van der Waals surface area contributed by atoms with E-state index in [1.165, 1.54) is 45.7 Å². The summed E-state index contributed by atoms with van der Waals surface area (Å²) in [6.45, 7) is 0. The van der Waals surface area contributed by atoms with Gasteiger partial charge in [-0.05, 0) is 18.2 Å². The van der Waals surface area contributed by atoms with Crippen molar-refractivity contribution < 1.29 is 18.7 Å². The highest BCUT2D eigenvalue weighted by atomic mass is 35.5. The summed E-state index contributed by atoms with van der Waals surface area (Å²) in [5.74, 6) is -2.51. The highest BCUT2D eigenvalue weighted by Gasteiger charge is 2.23. The summed E-state index contributed by atoms with van der Waals surface area (Å²) in [6.07, 6.45) is 2.86. The smallest absolute Gasteiger partial charge is 0.335 e. The minimum absolute atomic E-state index is 0.00924. The number of aromatic carboxylic acids is 1. The maximum atomic E-state index is 14.7. The largest absolute Gasteiger partial charge is 0.478 e. The van der Waals surface area contributed by atoms with Crippen molar-refractivity contribution >= 4 is 23.2 Å². The third-order valence-corrected chi connectivity index (χ3v) is 4.50. The van der Waals surface area contributed by atoms with Crippen LogP contribution >= 0.6 is 11.6 Å². The zero-order chi connectivity index (χ0) is 19.3. The maximum Gasteiger partial charge on any atom is 0.335 e. The summed E-state index contributed by atoms with van der Waals surface area (Å²) < 4.78 is 31.6. The molecular formula is C18H11ClF2N4O2. The summed E-state index contributed by atoms with van der Waals surface area (Å²) in [5.41, 5.74) is 0.680. The predicted octanol–water partition coefficient (Wildman–Crippen LogP) is 4.03. The van der Waals surface area contributed by atoms with Crippen LogP contribution in [-0.2, 0) is 7.05 Å². The van der Waals surface area contributed by atoms with Gasteiger partial charge in [0.15, 0.2) is 0 Å². The van der Waals surface area contributed by atoms with Crippen LogP contribution in [0.4, 0.5) is 8.78 Å². The van der Waals surface area contributed by atoms with Gasteiger partial charge in [-0.25, -0.2) is 14.2 Å². The van der Waals surface area contributed by atoms with Gasteiger partial charge in [-0.2, -0.15) is 4.39 Å². The second kappa shape index (κ2) is 6.17. The first-order chi connectivity index (χ1) is 12.9. The molecule has 27 heavy (non-hydrogen) atoms. The van der Waals surface area contributed by atoms with Crippen LogP contribution in [0.25, 0.3) is 28.0 Å². The molecular weight excluding hydrogens is 378 g/mol. The van der Waals surface area contributed by atoms with Gasteiger partial charge in [-0.15, -0.1) is 5.10 Å². The summed E-state index contributed by atoms with van der Waals surface area (Å²) in [5, 5.41) is 12.9. The summed E-state index contributed by atoms with van der Waals surface area (Å²) >= 11 is 6.37. The highest BCUT2D eigenvalue weighted by Crippen LogP contribution is 2.38. The molecule has 0 amide bonds. The topological polar surface area (TPSA) is 72.4 Å². The van der Waals surface area contributed by atoms with E-state index in [4.69, 9.17) is 16.7 Å². The van der Waals surface area contributed by atoms with Gasteiger partial charge in [0, 0.05) is 30.6 Å². The number of carboxylic acids is 1. The summed E-state index contributed by atoms with van der Waals surface area (Å²) in [6, 6.07) is 6.89. The zero-order valence-electron chi connectivity index (χ0n) is 13.8. The molecule has 1 N–H and O–H groups in total. The standard InChI is InChI=1S/C18H11ClF2N4O2/c1-24-8-11(17(21)23-24)10-3-2-4-12(20)14(10)15-16(19)25-6-5-9(18(26)27)7-13(25)22-15/h2-8H,1H3,(H,26,27). The molecule has 4 rings (SSSR count). The van der Waals surface area contributed by atoms with Crippen molar-refractivity contribution in [1.29, 1.82) is 0 Å². The first kappa shape index (κ1) is 17.2. The fourth-order valence-electron chi connectivity index (χ4n) is 2.94. The van der Waals surface area contributed by atoms with E-state index in [1.54, 1.807) is 13.1 Å². The number of carbonyl (C=O) groups is 1. The number of aryl methyl sites for hydroxylation is 1. The molecule has 0 spiro atoms. The highest BCUT2D eigenvalue weighted by molar-refractivity contribution is 6.32. The number of fused-ring (bicyclic) bond motifs is 1. The monoisotopic (exact) mass is 388 g/mol. The third kappa shape index (κ3) is 2.74. The first-order valence-electron chi connectivity index (χ1n) is 7.76. The molecule has 1 aromatic carbocycles. The van der Waals surface area contributed by atoms with Gasteiger partial charge in [0.05, 0.1) is 11.1 Å². The van der Waals surface area contributed by atoms with Crippen molar-refractivity contribution in [3.8, 4) is 22.4 Å². The van der Waals surface area contributed by atoms with Crippen LogP contribution in [0.3, 0.4) is 0 Å². The van der Waals surface area contributed by atoms with Crippen LogP contribution in [0.1, 0.15) is 10.4 Å². The Balaban J connectivity index is 2.00. The van der Waals surface area contributed by atoms with Gasteiger partial charge >= 0.3 is 5.97 Å². The number of rotatable bonds is 3. The average Bonchev–Trinajstić information content (AvgIpc) is 3.13. The van der Waals surface area contributed by atoms with Crippen LogP contribution in [0, 0.1) is 11.8 Å². The number of pyridine rings is 1. The number of aromatic nitrogens is 4. The summed E-state index contributed by atoms with van der Waals surface area (Å²) in [4.78, 5) is 15.4. The molecule has 0 bridgehead atoms. The van der Waals surface area contributed by atoms with E-state index >= 15 is 0 Å². The van der Waals surface area contributed by atoms with E-state index in [0.29, 0.717) is 0 Å². The van der Waals surface area contributed by atoms with Crippen molar-refractivity contribution in [2.24, 2.45) is 7.05 Å². The van der Waals surface area contributed by atoms with Crippen molar-refractivity contribution in [3.63, 3.8) is 0 Å². The van der Waals surface area contributed by atoms with Gasteiger partial charge in [0.1, 0.15) is 22.3 Å². The van der Waals surface area contributed by atoms with Crippen molar-refractivity contribution in [3.05, 3.63) is 65.2 Å². The normalized spacial score (nSPS) is 11.3. The second-order valence-electron chi connectivity index (χ2n) is 5.87. The van der Waals surface area contributed by atoms with E-state index in [1.807, 2.05) is 0 Å².